The van der Waals surface area contributed by atoms with Crippen LogP contribution in [0.4, 0.5) is 0 Å². The molecule has 0 N–H and O–H groups in total. The normalized spacial score (nSPS) is 26.5. The van der Waals surface area contributed by atoms with Gasteiger partial charge < -0.3 is 0 Å². The number of rotatable bonds is 2. The fourth-order valence-electron chi connectivity index (χ4n) is 5.00. The Balaban J connectivity index is 1.90. The van der Waals surface area contributed by atoms with Gasteiger partial charge in [0.25, 0.3) is 0 Å². The van der Waals surface area contributed by atoms with E-state index in [0.717, 1.165) is 19.3 Å². The molecule has 0 aromatic heterocycles. The second-order valence-corrected chi connectivity index (χ2v) is 7.71. The quantitative estimate of drug-likeness (QED) is 0.578. The van der Waals surface area contributed by atoms with Gasteiger partial charge in [-0.05, 0) is 58.6 Å². The van der Waals surface area contributed by atoms with Crippen molar-refractivity contribution in [3.05, 3.63) is 113 Å². The summed E-state index contributed by atoms with van der Waals surface area (Å²) in [5, 5.41) is 0. The third-order valence-corrected chi connectivity index (χ3v) is 6.10. The van der Waals surface area contributed by atoms with Crippen molar-refractivity contribution in [3.8, 4) is 0 Å². The highest BCUT2D eigenvalue weighted by molar-refractivity contribution is 5.95. The Labute approximate surface area is 156 Å². The number of hydrogen-bond acceptors (Lipinski definition) is 0. The molecule has 0 amide bonds. The Morgan fingerprint density at radius 2 is 1.69 bits per heavy atom. The minimum absolute atomic E-state index is 0.171. The molecule has 26 heavy (non-hydrogen) atoms. The predicted molar refractivity (Wildman–Crippen MR) is 110 cm³/mol. The fourth-order valence-corrected chi connectivity index (χ4v) is 5.00. The van der Waals surface area contributed by atoms with Crippen molar-refractivity contribution in [1.29, 1.82) is 0 Å². The summed E-state index contributed by atoms with van der Waals surface area (Å²) in [5.74, 6) is 0.583. The molecule has 2 unspecified atom stereocenters. The summed E-state index contributed by atoms with van der Waals surface area (Å²) in [6.07, 6.45) is 15.6. The van der Waals surface area contributed by atoms with E-state index in [1.165, 1.54) is 33.4 Å². The van der Waals surface area contributed by atoms with Gasteiger partial charge >= 0.3 is 0 Å². The van der Waals surface area contributed by atoms with Gasteiger partial charge in [-0.15, -0.1) is 0 Å². The SMILES string of the molecule is CC1C=C2C(=CC1)c1ccccc1C2(C1=CCCC=C1)c1ccccc1. The van der Waals surface area contributed by atoms with Crippen LogP contribution in [0.15, 0.2) is 96.1 Å². The number of benzene rings is 2. The third kappa shape index (κ3) is 2.08. The summed E-state index contributed by atoms with van der Waals surface area (Å²) in [6, 6.07) is 20.1. The van der Waals surface area contributed by atoms with Gasteiger partial charge in [0, 0.05) is 0 Å². The van der Waals surface area contributed by atoms with E-state index in [1.54, 1.807) is 0 Å². The Morgan fingerprint density at radius 3 is 2.50 bits per heavy atom. The van der Waals surface area contributed by atoms with Crippen molar-refractivity contribution in [2.75, 3.05) is 0 Å². The van der Waals surface area contributed by atoms with Crippen molar-refractivity contribution in [2.24, 2.45) is 5.92 Å². The zero-order valence-corrected chi connectivity index (χ0v) is 15.3. The Bertz CT molecular complexity index is 968. The average molecular weight is 336 g/mol. The van der Waals surface area contributed by atoms with Crippen LogP contribution >= 0.6 is 0 Å². The lowest BCUT2D eigenvalue weighted by molar-refractivity contribution is 0.690. The molecule has 2 aromatic rings. The highest BCUT2D eigenvalue weighted by Crippen LogP contribution is 2.59. The van der Waals surface area contributed by atoms with Gasteiger partial charge in [-0.2, -0.15) is 0 Å². The predicted octanol–water partition coefficient (Wildman–Crippen LogP) is 6.61. The molecule has 128 valence electrons. The molecular formula is C26H24. The first-order chi connectivity index (χ1) is 12.8. The van der Waals surface area contributed by atoms with Gasteiger partial charge in [0.05, 0.1) is 5.41 Å². The maximum absolute atomic E-state index is 2.53. The lowest BCUT2D eigenvalue weighted by atomic mass is 9.65. The van der Waals surface area contributed by atoms with Crippen molar-refractivity contribution in [3.63, 3.8) is 0 Å². The van der Waals surface area contributed by atoms with Gasteiger partial charge in [-0.3, -0.25) is 0 Å². The van der Waals surface area contributed by atoms with E-state index in [2.05, 4.69) is 91.9 Å². The topological polar surface area (TPSA) is 0 Å². The first-order valence-electron chi connectivity index (χ1n) is 9.77. The molecule has 0 heteroatoms. The van der Waals surface area contributed by atoms with Crippen LogP contribution in [0.5, 0.6) is 0 Å². The van der Waals surface area contributed by atoms with E-state index in [1.807, 2.05) is 0 Å². The summed E-state index contributed by atoms with van der Waals surface area (Å²) >= 11 is 0. The third-order valence-electron chi connectivity index (χ3n) is 6.10. The van der Waals surface area contributed by atoms with Gasteiger partial charge in [-0.25, -0.2) is 0 Å². The molecule has 0 radical (unpaired) electrons. The maximum atomic E-state index is 2.53. The van der Waals surface area contributed by atoms with E-state index in [4.69, 9.17) is 0 Å². The van der Waals surface area contributed by atoms with Crippen LogP contribution in [0, 0.1) is 5.92 Å². The van der Waals surface area contributed by atoms with Gasteiger partial charge in [0.15, 0.2) is 0 Å². The largest absolute Gasteiger partial charge is 0.0839 e. The molecular weight excluding hydrogens is 312 g/mol. The number of hydrogen-bond donors (Lipinski definition) is 0. The van der Waals surface area contributed by atoms with Crippen LogP contribution in [-0.4, -0.2) is 0 Å². The molecule has 0 heterocycles. The molecule has 0 aliphatic heterocycles. The molecule has 0 bridgehead atoms. The average Bonchev–Trinajstić information content (AvgIpc) is 3.00. The van der Waals surface area contributed by atoms with E-state index in [-0.39, 0.29) is 5.41 Å². The van der Waals surface area contributed by atoms with Crippen LogP contribution in [0.2, 0.25) is 0 Å². The van der Waals surface area contributed by atoms with E-state index in [0.29, 0.717) is 5.92 Å². The first kappa shape index (κ1) is 15.6. The Hall–Kier alpha value is -2.60. The second-order valence-electron chi connectivity index (χ2n) is 7.71. The molecule has 3 aliphatic carbocycles. The molecule has 2 atom stereocenters. The summed E-state index contributed by atoms with van der Waals surface area (Å²) in [5.41, 5.74) is 8.43. The molecule has 0 saturated carbocycles. The zero-order valence-electron chi connectivity index (χ0n) is 15.3. The molecule has 2 aromatic carbocycles. The molecule has 0 nitrogen and oxygen atoms in total. The first-order valence-corrected chi connectivity index (χ1v) is 9.77. The summed E-state index contributed by atoms with van der Waals surface area (Å²) < 4.78 is 0. The maximum Gasteiger partial charge on any atom is 0.0707 e. The van der Waals surface area contributed by atoms with Crippen LogP contribution in [0.3, 0.4) is 0 Å². The zero-order chi connectivity index (χ0) is 17.6. The van der Waals surface area contributed by atoms with Crippen molar-refractivity contribution >= 4 is 5.57 Å². The van der Waals surface area contributed by atoms with E-state index >= 15 is 0 Å². The van der Waals surface area contributed by atoms with Crippen molar-refractivity contribution < 1.29 is 0 Å². The fraction of sp³-hybridized carbons (Fsp3) is 0.231. The molecule has 0 spiro atoms. The van der Waals surface area contributed by atoms with Crippen molar-refractivity contribution in [2.45, 2.75) is 31.6 Å². The lowest BCUT2D eigenvalue weighted by Gasteiger charge is -2.37. The molecule has 0 fully saturated rings. The van der Waals surface area contributed by atoms with Crippen LogP contribution in [0.1, 0.15) is 42.9 Å². The lowest BCUT2D eigenvalue weighted by Crippen LogP contribution is -2.30. The highest BCUT2D eigenvalue weighted by Gasteiger charge is 2.49. The van der Waals surface area contributed by atoms with Crippen LogP contribution < -0.4 is 0 Å². The van der Waals surface area contributed by atoms with E-state index in [9.17, 15) is 0 Å². The van der Waals surface area contributed by atoms with Crippen molar-refractivity contribution in [1.82, 2.24) is 0 Å². The molecule has 5 rings (SSSR count). The van der Waals surface area contributed by atoms with Gasteiger partial charge in [-0.1, -0.05) is 91.9 Å². The summed E-state index contributed by atoms with van der Waals surface area (Å²) in [6.45, 7) is 2.34. The van der Waals surface area contributed by atoms with Gasteiger partial charge in [0.1, 0.15) is 0 Å². The summed E-state index contributed by atoms with van der Waals surface area (Å²) in [7, 11) is 0. The monoisotopic (exact) mass is 336 g/mol. The molecule has 3 aliphatic rings. The van der Waals surface area contributed by atoms with Crippen LogP contribution in [-0.2, 0) is 5.41 Å². The highest BCUT2D eigenvalue weighted by atomic mass is 14.5. The number of fused-ring (bicyclic) bond motifs is 3. The minimum atomic E-state index is -0.171. The summed E-state index contributed by atoms with van der Waals surface area (Å²) in [4.78, 5) is 0. The Morgan fingerprint density at radius 1 is 0.885 bits per heavy atom. The van der Waals surface area contributed by atoms with E-state index < -0.39 is 0 Å². The Kier molecular flexibility index (Phi) is 3.60. The molecule has 0 saturated heterocycles. The van der Waals surface area contributed by atoms with Gasteiger partial charge in [0.2, 0.25) is 0 Å². The second kappa shape index (κ2) is 5.99. The number of allylic oxidation sites excluding steroid dienone is 8. The smallest absolute Gasteiger partial charge is 0.0707 e. The standard InChI is InChI=1S/C26H24/c1-19-16-17-23-22-14-8-9-15-24(22)26(25(23)18-19,20-10-4-2-5-11-20)21-12-6-3-7-13-21/h2,4-6,8-15,17-19H,3,7,16H2,1H3. The minimum Gasteiger partial charge on any atom is -0.0839 e. The van der Waals surface area contributed by atoms with Crippen LogP contribution in [0.25, 0.3) is 5.57 Å².